The first-order valence-corrected chi connectivity index (χ1v) is 12.0. The van der Waals surface area contributed by atoms with Crippen molar-refractivity contribution in [3.8, 4) is 5.75 Å². The smallest absolute Gasteiger partial charge is 0.410 e. The van der Waals surface area contributed by atoms with Crippen molar-refractivity contribution in [1.82, 2.24) is 8.87 Å². The number of aryl methyl sites for hydroxylation is 2. The molecule has 0 aliphatic carbocycles. The van der Waals surface area contributed by atoms with E-state index < -0.39 is 21.7 Å². The highest BCUT2D eigenvalue weighted by atomic mass is 32.2. The molecule has 0 fully saturated rings. The van der Waals surface area contributed by atoms with Crippen molar-refractivity contribution < 1.29 is 22.7 Å². The molecule has 0 radical (unpaired) electrons. The number of rotatable bonds is 2. The van der Waals surface area contributed by atoms with E-state index in [1.807, 2.05) is 32.9 Å². The Morgan fingerprint density at radius 1 is 1.09 bits per heavy atom. The fourth-order valence-corrected chi connectivity index (χ4v) is 5.78. The summed E-state index contributed by atoms with van der Waals surface area (Å²) in [5.74, 6) is 0.647. The first-order valence-electron chi connectivity index (χ1n) is 10.5. The minimum absolute atomic E-state index is 0.266. The third kappa shape index (κ3) is 3.95. The van der Waals surface area contributed by atoms with E-state index in [9.17, 15) is 13.2 Å². The zero-order chi connectivity index (χ0) is 23.3. The Kier molecular flexibility index (Phi) is 5.45. The summed E-state index contributed by atoms with van der Waals surface area (Å²) in [7, 11) is -3.80. The van der Waals surface area contributed by atoms with Crippen LogP contribution in [0, 0.1) is 13.8 Å². The van der Waals surface area contributed by atoms with Gasteiger partial charge < -0.3 is 14.4 Å². The van der Waals surface area contributed by atoms with Crippen molar-refractivity contribution in [1.29, 1.82) is 0 Å². The minimum Gasteiger partial charge on any atom is -0.491 e. The van der Waals surface area contributed by atoms with Gasteiger partial charge in [-0.05, 0) is 64.4 Å². The monoisotopic (exact) mass is 456 g/mol. The van der Waals surface area contributed by atoms with Gasteiger partial charge in [-0.2, -0.15) is 0 Å². The molecule has 1 aromatic heterocycles. The van der Waals surface area contributed by atoms with Gasteiger partial charge in [-0.25, -0.2) is 17.2 Å². The molecule has 1 aliphatic rings. The van der Waals surface area contributed by atoms with Crippen LogP contribution in [-0.2, 0) is 21.3 Å². The summed E-state index contributed by atoms with van der Waals surface area (Å²) in [6.45, 7) is 10.0. The number of hydrogen-bond acceptors (Lipinski definition) is 5. The van der Waals surface area contributed by atoms with Crippen LogP contribution in [-0.4, -0.2) is 42.1 Å². The summed E-state index contributed by atoms with van der Waals surface area (Å²) in [4.78, 5) is 14.6. The number of ether oxygens (including phenoxy) is 2. The number of carbonyl (C=O) groups excluding carboxylic acids is 1. The minimum atomic E-state index is -3.80. The summed E-state index contributed by atoms with van der Waals surface area (Å²) in [5.41, 5.74) is 1.99. The number of fused-ring (bicyclic) bond motifs is 3. The molecule has 7 nitrogen and oxygen atoms in total. The van der Waals surface area contributed by atoms with E-state index in [0.29, 0.717) is 35.7 Å². The Hall–Kier alpha value is -3.00. The molecule has 2 aromatic carbocycles. The lowest BCUT2D eigenvalue weighted by atomic mass is 10.1. The van der Waals surface area contributed by atoms with Crippen molar-refractivity contribution in [2.75, 3.05) is 13.2 Å². The normalized spacial score (nSPS) is 14.6. The molecule has 2 heterocycles. The fourth-order valence-electron chi connectivity index (χ4n) is 4.01. The van der Waals surface area contributed by atoms with Gasteiger partial charge in [-0.1, -0.05) is 18.2 Å². The molecule has 0 bridgehead atoms. The van der Waals surface area contributed by atoms with E-state index in [4.69, 9.17) is 9.47 Å². The second-order valence-electron chi connectivity index (χ2n) is 9.05. The summed E-state index contributed by atoms with van der Waals surface area (Å²) in [5, 5.41) is 0.743. The van der Waals surface area contributed by atoms with Gasteiger partial charge in [-0.3, -0.25) is 0 Å². The highest BCUT2D eigenvalue weighted by Crippen LogP contribution is 2.35. The van der Waals surface area contributed by atoms with Gasteiger partial charge in [0.15, 0.2) is 0 Å². The number of benzene rings is 2. The zero-order valence-corrected chi connectivity index (χ0v) is 19.8. The molecule has 170 valence electrons. The lowest BCUT2D eigenvalue weighted by Gasteiger charge is -2.26. The molecule has 0 spiro atoms. The molecule has 0 unspecified atom stereocenters. The van der Waals surface area contributed by atoms with Crippen LogP contribution in [0.4, 0.5) is 4.79 Å². The first kappa shape index (κ1) is 22.2. The Morgan fingerprint density at radius 2 is 1.81 bits per heavy atom. The highest BCUT2D eigenvalue weighted by Gasteiger charge is 2.29. The lowest BCUT2D eigenvalue weighted by Crippen LogP contribution is -2.37. The summed E-state index contributed by atoms with van der Waals surface area (Å²) >= 11 is 0. The average molecular weight is 457 g/mol. The van der Waals surface area contributed by atoms with Crippen LogP contribution in [0.15, 0.2) is 47.4 Å². The van der Waals surface area contributed by atoms with Gasteiger partial charge in [0.25, 0.3) is 10.0 Å². The van der Waals surface area contributed by atoms with Gasteiger partial charge in [0.1, 0.15) is 18.0 Å². The molecular weight excluding hydrogens is 428 g/mol. The molecule has 32 heavy (non-hydrogen) atoms. The topological polar surface area (TPSA) is 77.8 Å². The number of amides is 1. The summed E-state index contributed by atoms with van der Waals surface area (Å²) in [6.07, 6.45) is -0.422. The van der Waals surface area contributed by atoms with Crippen LogP contribution in [0.25, 0.3) is 10.9 Å². The van der Waals surface area contributed by atoms with Crippen molar-refractivity contribution in [3.05, 3.63) is 59.3 Å². The van der Waals surface area contributed by atoms with E-state index in [0.717, 1.165) is 10.9 Å². The van der Waals surface area contributed by atoms with E-state index in [-0.39, 0.29) is 11.4 Å². The van der Waals surface area contributed by atoms with Crippen molar-refractivity contribution in [3.63, 3.8) is 0 Å². The van der Waals surface area contributed by atoms with E-state index in [1.165, 1.54) is 3.97 Å². The second-order valence-corrected chi connectivity index (χ2v) is 10.8. The van der Waals surface area contributed by atoms with Crippen molar-refractivity contribution in [2.24, 2.45) is 0 Å². The van der Waals surface area contributed by atoms with Crippen LogP contribution in [0.5, 0.6) is 5.75 Å². The number of aromatic nitrogens is 1. The van der Waals surface area contributed by atoms with E-state index in [2.05, 4.69) is 0 Å². The predicted octanol–water partition coefficient (Wildman–Crippen LogP) is 4.62. The molecule has 0 saturated carbocycles. The van der Waals surface area contributed by atoms with Crippen LogP contribution < -0.4 is 4.74 Å². The molecule has 4 rings (SSSR count). The summed E-state index contributed by atoms with van der Waals surface area (Å²) in [6, 6.07) is 12.3. The Balaban J connectivity index is 1.83. The molecule has 0 saturated heterocycles. The van der Waals surface area contributed by atoms with E-state index >= 15 is 0 Å². The number of hydrogen-bond donors (Lipinski definition) is 0. The largest absolute Gasteiger partial charge is 0.491 e. The molecule has 1 aliphatic heterocycles. The maximum absolute atomic E-state index is 13.6. The maximum atomic E-state index is 13.6. The SMILES string of the molecule is Cc1ccccc1S(=O)(=O)n1c(C)cc2c3c(ccc21)OCCN(C(=O)OC(C)(C)C)C3. The molecular formula is C24H28N2O5S. The van der Waals surface area contributed by atoms with Gasteiger partial charge in [0.2, 0.25) is 0 Å². The third-order valence-electron chi connectivity index (χ3n) is 5.41. The fraction of sp³-hybridized carbons (Fsp3) is 0.375. The first-order chi connectivity index (χ1) is 15.0. The average Bonchev–Trinajstić information content (AvgIpc) is 2.89. The zero-order valence-electron chi connectivity index (χ0n) is 19.0. The maximum Gasteiger partial charge on any atom is 0.410 e. The van der Waals surface area contributed by atoms with Gasteiger partial charge in [0, 0.05) is 16.6 Å². The lowest BCUT2D eigenvalue weighted by molar-refractivity contribution is 0.0226. The summed E-state index contributed by atoms with van der Waals surface area (Å²) < 4.78 is 39.9. The predicted molar refractivity (Wildman–Crippen MR) is 123 cm³/mol. The number of carbonyl (C=O) groups is 1. The van der Waals surface area contributed by atoms with Crippen molar-refractivity contribution >= 4 is 27.0 Å². The third-order valence-corrected chi connectivity index (χ3v) is 7.39. The van der Waals surface area contributed by atoms with Crippen molar-refractivity contribution in [2.45, 2.75) is 51.7 Å². The van der Waals surface area contributed by atoms with Crippen LogP contribution in [0.3, 0.4) is 0 Å². The Bertz CT molecular complexity index is 1300. The van der Waals surface area contributed by atoms with Gasteiger partial charge in [0.05, 0.1) is 23.5 Å². The quantitative estimate of drug-likeness (QED) is 0.562. The molecule has 0 N–H and O–H groups in total. The molecule has 0 atom stereocenters. The van der Waals surface area contributed by atoms with Crippen LogP contribution in [0.2, 0.25) is 0 Å². The van der Waals surface area contributed by atoms with Crippen LogP contribution in [0.1, 0.15) is 37.6 Å². The second kappa shape index (κ2) is 7.85. The number of nitrogens with zero attached hydrogens (tertiary/aromatic N) is 2. The standard InChI is InChI=1S/C24H28N2O5S/c1-16-8-6-7-9-22(16)32(28,29)26-17(2)14-18-19-15-25(23(27)31-24(3,4)5)12-13-30-21(19)11-10-20(18)26/h6-11,14H,12-13,15H2,1-5H3. The highest BCUT2D eigenvalue weighted by molar-refractivity contribution is 7.90. The molecule has 3 aromatic rings. The Morgan fingerprint density at radius 3 is 2.50 bits per heavy atom. The molecule has 1 amide bonds. The molecule has 8 heteroatoms. The van der Waals surface area contributed by atoms with Gasteiger partial charge in [-0.15, -0.1) is 0 Å². The van der Waals surface area contributed by atoms with Crippen LogP contribution >= 0.6 is 0 Å². The van der Waals surface area contributed by atoms with Gasteiger partial charge >= 0.3 is 6.09 Å². The van der Waals surface area contributed by atoms with E-state index in [1.54, 1.807) is 49.1 Å². The Labute approximate surface area is 188 Å².